The number of likely N-dealkylation sites (N-methyl/N-ethyl adjacent to an activating group) is 1. The molecule has 0 aromatic heterocycles. The number of hydrogen-bond donors (Lipinski definition) is 0. The van der Waals surface area contributed by atoms with E-state index in [4.69, 9.17) is 11.6 Å². The zero-order valence-electron chi connectivity index (χ0n) is 8.13. The molecule has 1 aliphatic rings. The van der Waals surface area contributed by atoms with Gasteiger partial charge in [0.2, 0.25) is 0 Å². The molecule has 69 valence electrons. The second-order valence-electron chi connectivity index (χ2n) is 4.12. The van der Waals surface area contributed by atoms with E-state index in [1.165, 1.54) is 11.3 Å². The topological polar surface area (TPSA) is 3.24 Å². The summed E-state index contributed by atoms with van der Waals surface area (Å²) < 4.78 is 0. The molecule has 0 saturated carbocycles. The quantitative estimate of drug-likeness (QED) is 0.613. The molecular formula is C11H13ClN. The van der Waals surface area contributed by atoms with Crippen molar-refractivity contribution in [2.75, 3.05) is 11.9 Å². The number of benzene rings is 1. The molecule has 0 amide bonds. The highest BCUT2D eigenvalue weighted by molar-refractivity contribution is 6.30. The Bertz CT molecular complexity index is 344. The van der Waals surface area contributed by atoms with E-state index in [0.29, 0.717) is 0 Å². The highest BCUT2D eigenvalue weighted by Crippen LogP contribution is 2.43. The number of rotatable bonds is 0. The Labute approximate surface area is 84.3 Å². The first-order valence-electron chi connectivity index (χ1n) is 4.39. The SMILES string of the molecule is CN1[CH]C(C)(C)c2cc(Cl)ccc21. The molecule has 1 heterocycles. The van der Waals surface area contributed by atoms with Crippen molar-refractivity contribution < 1.29 is 0 Å². The van der Waals surface area contributed by atoms with Gasteiger partial charge in [-0.05, 0) is 23.8 Å². The molecule has 1 aliphatic heterocycles. The Morgan fingerprint density at radius 3 is 2.69 bits per heavy atom. The van der Waals surface area contributed by atoms with Gasteiger partial charge in [-0.1, -0.05) is 25.4 Å². The number of fused-ring (bicyclic) bond motifs is 1. The van der Waals surface area contributed by atoms with E-state index in [0.717, 1.165) is 5.02 Å². The number of halogens is 1. The number of nitrogens with zero attached hydrogens (tertiary/aromatic N) is 1. The van der Waals surface area contributed by atoms with Crippen LogP contribution in [0.2, 0.25) is 5.02 Å². The predicted octanol–water partition coefficient (Wildman–Crippen LogP) is 3.23. The van der Waals surface area contributed by atoms with Gasteiger partial charge in [-0.15, -0.1) is 0 Å². The Morgan fingerprint density at radius 1 is 1.31 bits per heavy atom. The third kappa shape index (κ3) is 1.31. The van der Waals surface area contributed by atoms with Gasteiger partial charge in [0, 0.05) is 23.2 Å². The van der Waals surface area contributed by atoms with Crippen molar-refractivity contribution in [1.82, 2.24) is 0 Å². The highest BCUT2D eigenvalue weighted by atomic mass is 35.5. The van der Waals surface area contributed by atoms with Crippen LogP contribution in [-0.2, 0) is 5.41 Å². The summed E-state index contributed by atoms with van der Waals surface area (Å²) in [5, 5.41) is 0.815. The zero-order valence-corrected chi connectivity index (χ0v) is 8.89. The average molecular weight is 195 g/mol. The lowest BCUT2D eigenvalue weighted by Gasteiger charge is -2.17. The molecule has 1 nitrogen and oxygen atoms in total. The molecule has 2 heteroatoms. The van der Waals surface area contributed by atoms with Crippen molar-refractivity contribution in [2.24, 2.45) is 0 Å². The van der Waals surface area contributed by atoms with E-state index >= 15 is 0 Å². The van der Waals surface area contributed by atoms with E-state index in [1.807, 2.05) is 6.07 Å². The van der Waals surface area contributed by atoms with Crippen LogP contribution in [-0.4, -0.2) is 7.05 Å². The van der Waals surface area contributed by atoms with Crippen LogP contribution in [0.5, 0.6) is 0 Å². The van der Waals surface area contributed by atoms with E-state index in [-0.39, 0.29) is 5.41 Å². The fourth-order valence-corrected chi connectivity index (χ4v) is 2.13. The van der Waals surface area contributed by atoms with Crippen LogP contribution in [0.15, 0.2) is 18.2 Å². The number of anilines is 1. The molecule has 13 heavy (non-hydrogen) atoms. The summed E-state index contributed by atoms with van der Waals surface area (Å²) in [5.41, 5.74) is 2.67. The molecule has 0 atom stereocenters. The van der Waals surface area contributed by atoms with Gasteiger partial charge in [0.25, 0.3) is 0 Å². The minimum Gasteiger partial charge on any atom is -0.368 e. The molecular weight excluding hydrogens is 182 g/mol. The average Bonchev–Trinajstić information content (AvgIpc) is 2.23. The standard InChI is InChI=1S/C11H13ClN/c1-11(2)7-13(3)10-5-4-8(12)6-9(10)11/h4-7H,1-3H3. The predicted molar refractivity (Wildman–Crippen MR) is 57.2 cm³/mol. The molecule has 0 bridgehead atoms. The summed E-state index contributed by atoms with van der Waals surface area (Å²) in [4.78, 5) is 2.16. The molecule has 0 spiro atoms. The molecule has 0 N–H and O–H groups in total. The molecule has 1 aromatic carbocycles. The van der Waals surface area contributed by atoms with Crippen LogP contribution in [0.4, 0.5) is 5.69 Å². The van der Waals surface area contributed by atoms with Gasteiger partial charge in [-0.3, -0.25) is 0 Å². The van der Waals surface area contributed by atoms with E-state index < -0.39 is 0 Å². The van der Waals surface area contributed by atoms with Crippen LogP contribution in [0.25, 0.3) is 0 Å². The van der Waals surface area contributed by atoms with Crippen molar-refractivity contribution in [3.8, 4) is 0 Å². The van der Waals surface area contributed by atoms with Gasteiger partial charge in [0.15, 0.2) is 0 Å². The van der Waals surface area contributed by atoms with Crippen LogP contribution in [0.1, 0.15) is 19.4 Å². The molecule has 2 rings (SSSR count). The van der Waals surface area contributed by atoms with Crippen molar-refractivity contribution in [3.63, 3.8) is 0 Å². The molecule has 1 aromatic rings. The zero-order chi connectivity index (χ0) is 9.64. The maximum atomic E-state index is 5.97. The van der Waals surface area contributed by atoms with E-state index in [2.05, 4.69) is 44.5 Å². The second kappa shape index (κ2) is 2.65. The lowest BCUT2D eigenvalue weighted by Crippen LogP contribution is -2.18. The fraction of sp³-hybridized carbons (Fsp3) is 0.364. The summed E-state index contributed by atoms with van der Waals surface area (Å²) >= 11 is 5.97. The maximum absolute atomic E-state index is 5.97. The van der Waals surface area contributed by atoms with E-state index in [9.17, 15) is 0 Å². The molecule has 1 radical (unpaired) electrons. The maximum Gasteiger partial charge on any atom is 0.0590 e. The van der Waals surface area contributed by atoms with Gasteiger partial charge in [0.1, 0.15) is 0 Å². The normalized spacial score (nSPS) is 18.9. The first kappa shape index (κ1) is 8.89. The third-order valence-electron chi connectivity index (χ3n) is 2.55. The second-order valence-corrected chi connectivity index (χ2v) is 4.56. The van der Waals surface area contributed by atoms with Crippen LogP contribution < -0.4 is 4.90 Å². The Hall–Kier alpha value is -0.690. The monoisotopic (exact) mass is 194 g/mol. The van der Waals surface area contributed by atoms with Gasteiger partial charge in [-0.2, -0.15) is 0 Å². The highest BCUT2D eigenvalue weighted by Gasteiger charge is 2.33. The third-order valence-corrected chi connectivity index (χ3v) is 2.78. The van der Waals surface area contributed by atoms with Gasteiger partial charge >= 0.3 is 0 Å². The van der Waals surface area contributed by atoms with Crippen molar-refractivity contribution >= 4 is 17.3 Å². The van der Waals surface area contributed by atoms with Crippen LogP contribution in [0.3, 0.4) is 0 Å². The Morgan fingerprint density at radius 2 is 2.00 bits per heavy atom. The lowest BCUT2D eigenvalue weighted by atomic mass is 9.87. The summed E-state index contributed by atoms with van der Waals surface area (Å²) in [5.74, 6) is 0. The lowest BCUT2D eigenvalue weighted by molar-refractivity contribution is 0.632. The molecule has 0 aliphatic carbocycles. The summed E-state index contributed by atoms with van der Waals surface area (Å²) in [6.45, 7) is 6.62. The summed E-state index contributed by atoms with van der Waals surface area (Å²) in [6.07, 6.45) is 0. The largest absolute Gasteiger partial charge is 0.368 e. The van der Waals surface area contributed by atoms with E-state index in [1.54, 1.807) is 0 Å². The fourth-order valence-electron chi connectivity index (χ4n) is 1.96. The Balaban J connectivity index is 2.60. The van der Waals surface area contributed by atoms with Crippen molar-refractivity contribution in [3.05, 3.63) is 35.3 Å². The smallest absolute Gasteiger partial charge is 0.0590 e. The minimum atomic E-state index is 0.106. The molecule has 0 fully saturated rings. The van der Waals surface area contributed by atoms with Crippen LogP contribution in [0, 0.1) is 6.54 Å². The van der Waals surface area contributed by atoms with Crippen molar-refractivity contribution in [1.29, 1.82) is 0 Å². The van der Waals surface area contributed by atoms with Gasteiger partial charge in [0.05, 0.1) is 6.54 Å². The number of hydrogen-bond acceptors (Lipinski definition) is 1. The molecule has 0 unspecified atom stereocenters. The summed E-state index contributed by atoms with van der Waals surface area (Å²) in [7, 11) is 2.07. The van der Waals surface area contributed by atoms with Gasteiger partial charge in [-0.25, -0.2) is 0 Å². The minimum absolute atomic E-state index is 0.106. The molecule has 0 saturated heterocycles. The Kier molecular flexibility index (Phi) is 1.81. The van der Waals surface area contributed by atoms with Gasteiger partial charge < -0.3 is 4.90 Å². The summed E-state index contributed by atoms with van der Waals surface area (Å²) in [6, 6.07) is 6.06. The first-order chi connectivity index (χ1) is 6.00. The van der Waals surface area contributed by atoms with Crippen LogP contribution >= 0.6 is 11.6 Å². The first-order valence-corrected chi connectivity index (χ1v) is 4.77. The van der Waals surface area contributed by atoms with Crippen molar-refractivity contribution in [2.45, 2.75) is 19.3 Å².